The molecule has 200 valence electrons. The minimum Gasteiger partial charge on any atom is -0.378 e. The third-order valence-electron chi connectivity index (χ3n) is 7.10. The Bertz CT molecular complexity index is 1480. The molecule has 0 aliphatic carbocycles. The van der Waals surface area contributed by atoms with Crippen LogP contribution in [0.4, 0.5) is 17.1 Å². The van der Waals surface area contributed by atoms with Crippen LogP contribution in [0.25, 0.3) is 5.69 Å². The van der Waals surface area contributed by atoms with Crippen LogP contribution in [0, 0.1) is 12.8 Å². The van der Waals surface area contributed by atoms with Crippen LogP contribution in [-0.2, 0) is 4.79 Å². The van der Waals surface area contributed by atoms with E-state index in [0.29, 0.717) is 5.11 Å². The Hall–Kier alpha value is -4.17. The highest BCUT2D eigenvalue weighted by molar-refractivity contribution is 7.80. The van der Waals surface area contributed by atoms with Crippen molar-refractivity contribution < 1.29 is 4.79 Å². The van der Waals surface area contributed by atoms with Crippen molar-refractivity contribution >= 4 is 40.3 Å². The summed E-state index contributed by atoms with van der Waals surface area (Å²) in [5.74, 6) is -0.0991. The predicted molar refractivity (Wildman–Crippen MR) is 163 cm³/mol. The van der Waals surface area contributed by atoms with Crippen molar-refractivity contribution in [1.82, 2.24) is 14.9 Å². The van der Waals surface area contributed by atoms with E-state index in [0.717, 1.165) is 39.7 Å². The minimum atomic E-state index is -0.161. The topological polar surface area (TPSA) is 65.4 Å². The molecule has 7 nitrogen and oxygen atoms in total. The normalized spacial score (nSPS) is 16.9. The number of benzene rings is 2. The summed E-state index contributed by atoms with van der Waals surface area (Å²) in [6.07, 6.45) is 3.90. The van der Waals surface area contributed by atoms with E-state index in [1.165, 1.54) is 0 Å². The molecule has 5 rings (SSSR count). The largest absolute Gasteiger partial charge is 0.378 e. The number of aryl methyl sites for hydroxylation is 1. The molecule has 0 bridgehead atoms. The van der Waals surface area contributed by atoms with E-state index in [1.54, 1.807) is 0 Å². The van der Waals surface area contributed by atoms with E-state index < -0.39 is 0 Å². The summed E-state index contributed by atoms with van der Waals surface area (Å²) in [6.45, 7) is 5.78. The Morgan fingerprint density at radius 2 is 1.77 bits per heavy atom. The molecule has 3 heterocycles. The molecule has 1 fully saturated rings. The summed E-state index contributed by atoms with van der Waals surface area (Å²) in [7, 11) is 4.08. The first-order chi connectivity index (χ1) is 18.7. The average Bonchev–Trinajstić information content (AvgIpc) is 3.54. The lowest BCUT2D eigenvalue weighted by Gasteiger charge is -2.29. The molecule has 0 spiro atoms. The Balaban J connectivity index is 1.58. The monoisotopic (exact) mass is 538 g/mol. The van der Waals surface area contributed by atoms with Crippen LogP contribution < -0.4 is 20.4 Å². The Morgan fingerprint density at radius 1 is 1.03 bits per heavy atom. The molecule has 8 heteroatoms. The molecule has 0 saturated carbocycles. The number of thiocarbonyl (C=S) groups is 1. The van der Waals surface area contributed by atoms with Crippen molar-refractivity contribution in [2.45, 2.75) is 32.9 Å². The summed E-state index contributed by atoms with van der Waals surface area (Å²) < 4.78 is 2.22. The number of amides is 1. The lowest BCUT2D eigenvalue weighted by molar-refractivity contribution is -0.118. The second-order valence-corrected chi connectivity index (χ2v) is 10.7. The Morgan fingerprint density at radius 3 is 2.41 bits per heavy atom. The molecule has 4 aromatic rings. The fraction of sp³-hybridized carbons (Fsp3) is 0.258. The van der Waals surface area contributed by atoms with Gasteiger partial charge in [-0.3, -0.25) is 9.78 Å². The second kappa shape index (κ2) is 10.9. The van der Waals surface area contributed by atoms with Gasteiger partial charge in [-0.25, -0.2) is 0 Å². The van der Waals surface area contributed by atoms with Crippen molar-refractivity contribution in [2.75, 3.05) is 29.2 Å². The van der Waals surface area contributed by atoms with Crippen molar-refractivity contribution in [3.63, 3.8) is 0 Å². The molecule has 2 N–H and O–H groups in total. The van der Waals surface area contributed by atoms with Gasteiger partial charge in [0.05, 0.1) is 11.7 Å². The number of carbonyl (C=O) groups excluding carboxylic acids is 1. The van der Waals surface area contributed by atoms with Gasteiger partial charge in [0.2, 0.25) is 5.91 Å². The van der Waals surface area contributed by atoms with Gasteiger partial charge in [-0.05, 0) is 91.4 Å². The van der Waals surface area contributed by atoms with E-state index in [9.17, 15) is 4.79 Å². The molecule has 0 radical (unpaired) electrons. The summed E-state index contributed by atoms with van der Waals surface area (Å²) in [5, 5.41) is 7.21. The highest BCUT2D eigenvalue weighted by atomic mass is 32.1. The van der Waals surface area contributed by atoms with Gasteiger partial charge in [-0.15, -0.1) is 0 Å². The highest BCUT2D eigenvalue weighted by Crippen LogP contribution is 2.43. The number of hydrogen-bond acceptors (Lipinski definition) is 4. The fourth-order valence-corrected chi connectivity index (χ4v) is 5.28. The van der Waals surface area contributed by atoms with Crippen LogP contribution >= 0.6 is 12.2 Å². The first-order valence-corrected chi connectivity index (χ1v) is 13.5. The number of aromatic nitrogens is 2. The zero-order valence-electron chi connectivity index (χ0n) is 22.9. The maximum atomic E-state index is 12.3. The van der Waals surface area contributed by atoms with Gasteiger partial charge in [0, 0.05) is 60.9 Å². The zero-order valence-corrected chi connectivity index (χ0v) is 23.7. The van der Waals surface area contributed by atoms with Gasteiger partial charge in [0.1, 0.15) is 6.04 Å². The van der Waals surface area contributed by atoms with Crippen LogP contribution in [0.3, 0.4) is 0 Å². The smallest absolute Gasteiger partial charge is 0.226 e. The summed E-state index contributed by atoms with van der Waals surface area (Å²) in [6, 6.07) is 24.4. The van der Waals surface area contributed by atoms with Crippen LogP contribution in [0.2, 0.25) is 0 Å². The molecule has 2 unspecified atom stereocenters. The van der Waals surface area contributed by atoms with Crippen LogP contribution in [0.15, 0.2) is 85.2 Å². The van der Waals surface area contributed by atoms with Gasteiger partial charge < -0.3 is 25.0 Å². The SMILES string of the molecule is Cc1cc(N2C(=S)NC(c3ccccn3)C2c2cccn2-c2ccc(N(C)C)cc2)ccc1NC(=O)C(C)C. The van der Waals surface area contributed by atoms with E-state index in [1.807, 2.05) is 71.4 Å². The van der Waals surface area contributed by atoms with Crippen LogP contribution in [0.1, 0.15) is 42.9 Å². The van der Waals surface area contributed by atoms with Crippen LogP contribution in [0.5, 0.6) is 0 Å². The van der Waals surface area contributed by atoms with Gasteiger partial charge in [-0.2, -0.15) is 0 Å². The number of nitrogens with zero attached hydrogens (tertiary/aromatic N) is 4. The number of anilines is 3. The van der Waals surface area contributed by atoms with Crippen LogP contribution in [-0.4, -0.2) is 34.7 Å². The van der Waals surface area contributed by atoms with Crippen molar-refractivity contribution in [2.24, 2.45) is 5.92 Å². The van der Waals surface area contributed by atoms with E-state index in [2.05, 4.69) is 78.6 Å². The molecule has 1 aliphatic rings. The Labute approximate surface area is 235 Å². The first kappa shape index (κ1) is 26.4. The summed E-state index contributed by atoms with van der Waals surface area (Å²) in [4.78, 5) is 21.3. The molecule has 2 aromatic carbocycles. The summed E-state index contributed by atoms with van der Waals surface area (Å²) >= 11 is 5.94. The number of pyridine rings is 1. The predicted octanol–water partition coefficient (Wildman–Crippen LogP) is 6.02. The molecular weight excluding hydrogens is 504 g/mol. The molecule has 39 heavy (non-hydrogen) atoms. The molecule has 1 amide bonds. The molecular formula is C31H34N6OS. The molecule has 1 aliphatic heterocycles. The molecule has 2 aromatic heterocycles. The average molecular weight is 539 g/mol. The molecule has 2 atom stereocenters. The number of nitrogens with one attached hydrogen (secondary N) is 2. The standard InChI is InChI=1S/C31H34N6OS/c1-20(2)30(38)33-25-16-15-24(19-21(25)3)37-29(28(34-31(37)39)26-9-6-7-17-32-26)27-10-8-18-36(27)23-13-11-22(12-14-23)35(4)5/h6-20,28-29H,1-5H3,(H,33,38)(H,34,39). The van der Waals surface area contributed by atoms with Crippen molar-refractivity contribution in [3.05, 3.63) is 102 Å². The number of hydrogen-bond donors (Lipinski definition) is 2. The maximum absolute atomic E-state index is 12.3. The maximum Gasteiger partial charge on any atom is 0.226 e. The van der Waals surface area contributed by atoms with E-state index >= 15 is 0 Å². The van der Waals surface area contributed by atoms with Gasteiger partial charge in [0.25, 0.3) is 0 Å². The van der Waals surface area contributed by atoms with Crippen molar-refractivity contribution in [3.8, 4) is 5.69 Å². The first-order valence-electron chi connectivity index (χ1n) is 13.1. The van der Waals surface area contributed by atoms with Crippen molar-refractivity contribution in [1.29, 1.82) is 0 Å². The van der Waals surface area contributed by atoms with E-state index in [-0.39, 0.29) is 23.9 Å². The van der Waals surface area contributed by atoms with Gasteiger partial charge >= 0.3 is 0 Å². The van der Waals surface area contributed by atoms with E-state index in [4.69, 9.17) is 12.2 Å². The third kappa shape index (κ3) is 5.25. The highest BCUT2D eigenvalue weighted by Gasteiger charge is 2.42. The quantitative estimate of drug-likeness (QED) is 0.281. The lowest BCUT2D eigenvalue weighted by Crippen LogP contribution is -2.30. The molecule has 1 saturated heterocycles. The third-order valence-corrected chi connectivity index (χ3v) is 7.41. The van der Waals surface area contributed by atoms with Gasteiger partial charge in [-0.1, -0.05) is 19.9 Å². The summed E-state index contributed by atoms with van der Waals surface area (Å²) in [5.41, 5.74) is 6.94. The fourth-order valence-electron chi connectivity index (χ4n) is 4.93. The second-order valence-electron chi connectivity index (χ2n) is 10.4. The number of carbonyl (C=O) groups is 1. The zero-order chi connectivity index (χ0) is 27.7. The lowest BCUT2D eigenvalue weighted by atomic mass is 10.00. The minimum absolute atomic E-state index is 0.00425. The van der Waals surface area contributed by atoms with Gasteiger partial charge in [0.15, 0.2) is 5.11 Å². The Kier molecular flexibility index (Phi) is 7.39. The number of rotatable bonds is 7.